The predicted molar refractivity (Wildman–Crippen MR) is 111 cm³/mol. The van der Waals surface area contributed by atoms with Gasteiger partial charge in [-0.05, 0) is 29.5 Å². The number of amides is 1. The number of nitrogens with two attached hydrogens (primary N) is 1. The molecular formula is C22H29N3O3. The molecule has 1 amide bonds. The molecule has 0 radical (unpaired) electrons. The minimum absolute atomic E-state index is 0.0240. The van der Waals surface area contributed by atoms with Gasteiger partial charge in [0.05, 0.1) is 0 Å². The first kappa shape index (κ1) is 21.6. The summed E-state index contributed by atoms with van der Waals surface area (Å²) in [6, 6.07) is 18.1. The molecule has 0 saturated carbocycles. The molecule has 0 aliphatic heterocycles. The minimum atomic E-state index is -0.864. The molecule has 2 rings (SSSR count). The zero-order valence-corrected chi connectivity index (χ0v) is 16.1. The summed E-state index contributed by atoms with van der Waals surface area (Å²) in [6.07, 6.45) is 1.43. The minimum Gasteiger partial charge on any atom is -0.481 e. The average molecular weight is 383 g/mol. The molecule has 0 heterocycles. The molecule has 0 aliphatic rings. The molecule has 0 aromatic heterocycles. The molecule has 1 unspecified atom stereocenters. The van der Waals surface area contributed by atoms with Gasteiger partial charge in [-0.15, -0.1) is 0 Å². The first-order valence-electron chi connectivity index (χ1n) is 9.65. The van der Waals surface area contributed by atoms with Crippen LogP contribution in [0.2, 0.25) is 0 Å². The predicted octanol–water partition coefficient (Wildman–Crippen LogP) is 2.18. The summed E-state index contributed by atoms with van der Waals surface area (Å²) in [5.41, 5.74) is 8.86. The van der Waals surface area contributed by atoms with Crippen LogP contribution in [0.1, 0.15) is 24.8 Å². The number of rotatable bonds is 12. The number of carbonyl (C=O) groups is 2. The second kappa shape index (κ2) is 11.9. The molecule has 0 fully saturated rings. The van der Waals surface area contributed by atoms with Crippen LogP contribution in [0.5, 0.6) is 0 Å². The zero-order valence-electron chi connectivity index (χ0n) is 16.1. The Morgan fingerprint density at radius 2 is 1.64 bits per heavy atom. The lowest BCUT2D eigenvalue weighted by molar-refractivity contribution is -0.137. The van der Waals surface area contributed by atoms with E-state index >= 15 is 0 Å². The third-order valence-corrected chi connectivity index (χ3v) is 4.49. The van der Waals surface area contributed by atoms with Gasteiger partial charge in [0.2, 0.25) is 5.91 Å². The summed E-state index contributed by atoms with van der Waals surface area (Å²) in [5.74, 6) is -0.936. The number of carbonyl (C=O) groups excluding carboxylic acids is 1. The maximum Gasteiger partial charge on any atom is 0.303 e. The standard InChI is InChI=1S/C22H29N3O3/c23-14-15-24-16-20(11-13-22(27)28)25-21(26)12-8-17-6-9-19(10-7-17)18-4-2-1-3-5-18/h1-7,9-10,20,24H,8,11-16,23H2,(H,25,26)(H,27,28). The maximum atomic E-state index is 12.3. The smallest absolute Gasteiger partial charge is 0.303 e. The monoisotopic (exact) mass is 383 g/mol. The Morgan fingerprint density at radius 3 is 2.29 bits per heavy atom. The largest absolute Gasteiger partial charge is 0.481 e. The number of aliphatic carboxylic acids is 1. The Morgan fingerprint density at radius 1 is 0.964 bits per heavy atom. The first-order chi connectivity index (χ1) is 13.6. The van der Waals surface area contributed by atoms with Crippen molar-refractivity contribution in [3.8, 4) is 11.1 Å². The summed E-state index contributed by atoms with van der Waals surface area (Å²) < 4.78 is 0. The van der Waals surface area contributed by atoms with Gasteiger partial charge in [-0.2, -0.15) is 0 Å². The molecule has 0 spiro atoms. The normalized spacial score (nSPS) is 11.8. The number of hydrogen-bond donors (Lipinski definition) is 4. The van der Waals surface area contributed by atoms with Crippen molar-refractivity contribution in [1.82, 2.24) is 10.6 Å². The van der Waals surface area contributed by atoms with E-state index in [-0.39, 0.29) is 18.4 Å². The summed E-state index contributed by atoms with van der Waals surface area (Å²) in [4.78, 5) is 23.1. The molecule has 28 heavy (non-hydrogen) atoms. The second-order valence-electron chi connectivity index (χ2n) is 6.75. The zero-order chi connectivity index (χ0) is 20.2. The van der Waals surface area contributed by atoms with E-state index in [0.29, 0.717) is 38.9 Å². The van der Waals surface area contributed by atoms with Gasteiger partial charge in [0.1, 0.15) is 0 Å². The molecule has 2 aromatic rings. The van der Waals surface area contributed by atoms with E-state index in [1.807, 2.05) is 30.3 Å². The highest BCUT2D eigenvalue weighted by atomic mass is 16.4. The summed E-state index contributed by atoms with van der Waals surface area (Å²) in [5, 5.41) is 14.9. The van der Waals surface area contributed by atoms with Crippen molar-refractivity contribution in [2.75, 3.05) is 19.6 Å². The van der Waals surface area contributed by atoms with Crippen molar-refractivity contribution in [3.05, 3.63) is 60.2 Å². The van der Waals surface area contributed by atoms with Crippen LogP contribution in [0.4, 0.5) is 0 Å². The van der Waals surface area contributed by atoms with Crippen molar-refractivity contribution >= 4 is 11.9 Å². The van der Waals surface area contributed by atoms with Crippen LogP contribution in [0.3, 0.4) is 0 Å². The lowest BCUT2D eigenvalue weighted by Gasteiger charge is -2.18. The van der Waals surface area contributed by atoms with E-state index < -0.39 is 5.97 Å². The van der Waals surface area contributed by atoms with Gasteiger partial charge in [0, 0.05) is 38.5 Å². The quantitative estimate of drug-likeness (QED) is 0.421. The molecule has 0 aliphatic carbocycles. The van der Waals surface area contributed by atoms with E-state index in [1.165, 1.54) is 0 Å². The lowest BCUT2D eigenvalue weighted by atomic mass is 10.0. The third kappa shape index (κ3) is 7.90. The highest BCUT2D eigenvalue weighted by molar-refractivity contribution is 5.76. The third-order valence-electron chi connectivity index (χ3n) is 4.49. The Bertz CT molecular complexity index is 732. The summed E-state index contributed by atoms with van der Waals surface area (Å²) >= 11 is 0. The van der Waals surface area contributed by atoms with Crippen LogP contribution in [0, 0.1) is 0 Å². The Labute approximate surface area is 166 Å². The molecule has 0 bridgehead atoms. The van der Waals surface area contributed by atoms with E-state index in [9.17, 15) is 9.59 Å². The topological polar surface area (TPSA) is 104 Å². The Balaban J connectivity index is 1.82. The summed E-state index contributed by atoms with van der Waals surface area (Å²) in [6.45, 7) is 1.65. The van der Waals surface area contributed by atoms with Gasteiger partial charge >= 0.3 is 5.97 Å². The van der Waals surface area contributed by atoms with Crippen molar-refractivity contribution in [2.24, 2.45) is 5.73 Å². The van der Waals surface area contributed by atoms with Crippen LogP contribution >= 0.6 is 0 Å². The fraction of sp³-hybridized carbons (Fsp3) is 0.364. The van der Waals surface area contributed by atoms with E-state index in [0.717, 1.165) is 16.7 Å². The second-order valence-corrected chi connectivity index (χ2v) is 6.75. The van der Waals surface area contributed by atoms with Gasteiger partial charge < -0.3 is 21.5 Å². The molecule has 5 N–H and O–H groups in total. The molecular weight excluding hydrogens is 354 g/mol. The van der Waals surface area contributed by atoms with Crippen LogP contribution in [0.15, 0.2) is 54.6 Å². The lowest BCUT2D eigenvalue weighted by Crippen LogP contribution is -2.43. The Kier molecular flexibility index (Phi) is 9.18. The number of hydrogen-bond acceptors (Lipinski definition) is 4. The highest BCUT2D eigenvalue weighted by Gasteiger charge is 2.14. The number of aryl methyl sites for hydroxylation is 1. The first-order valence-corrected chi connectivity index (χ1v) is 9.65. The van der Waals surface area contributed by atoms with Crippen molar-refractivity contribution < 1.29 is 14.7 Å². The summed E-state index contributed by atoms with van der Waals surface area (Å²) in [7, 11) is 0. The van der Waals surface area contributed by atoms with Gasteiger partial charge in [-0.1, -0.05) is 54.6 Å². The number of nitrogens with one attached hydrogen (secondary N) is 2. The van der Waals surface area contributed by atoms with Crippen LogP contribution in [-0.2, 0) is 16.0 Å². The molecule has 150 valence electrons. The SMILES string of the molecule is NCCNCC(CCC(=O)O)NC(=O)CCc1ccc(-c2ccccc2)cc1. The van der Waals surface area contributed by atoms with Crippen molar-refractivity contribution in [3.63, 3.8) is 0 Å². The van der Waals surface area contributed by atoms with E-state index in [2.05, 4.69) is 34.9 Å². The molecule has 6 nitrogen and oxygen atoms in total. The van der Waals surface area contributed by atoms with Gasteiger partial charge in [0.25, 0.3) is 0 Å². The van der Waals surface area contributed by atoms with Crippen LogP contribution in [0.25, 0.3) is 11.1 Å². The Hall–Kier alpha value is -2.70. The fourth-order valence-corrected chi connectivity index (χ4v) is 2.95. The number of benzene rings is 2. The number of carboxylic acid groups (broad SMARTS) is 1. The maximum absolute atomic E-state index is 12.3. The van der Waals surface area contributed by atoms with Crippen molar-refractivity contribution in [2.45, 2.75) is 31.7 Å². The van der Waals surface area contributed by atoms with E-state index in [4.69, 9.17) is 10.8 Å². The van der Waals surface area contributed by atoms with Gasteiger partial charge in [-0.3, -0.25) is 9.59 Å². The molecule has 6 heteroatoms. The van der Waals surface area contributed by atoms with E-state index in [1.54, 1.807) is 0 Å². The van der Waals surface area contributed by atoms with Gasteiger partial charge in [0.15, 0.2) is 0 Å². The van der Waals surface area contributed by atoms with Crippen molar-refractivity contribution in [1.29, 1.82) is 0 Å². The van der Waals surface area contributed by atoms with Crippen LogP contribution in [-0.4, -0.2) is 42.7 Å². The fourth-order valence-electron chi connectivity index (χ4n) is 2.95. The highest BCUT2D eigenvalue weighted by Crippen LogP contribution is 2.19. The number of carboxylic acids is 1. The van der Waals surface area contributed by atoms with Crippen LogP contribution < -0.4 is 16.4 Å². The molecule has 1 atom stereocenters. The molecule has 2 aromatic carbocycles. The average Bonchev–Trinajstić information content (AvgIpc) is 2.71. The van der Waals surface area contributed by atoms with Gasteiger partial charge in [-0.25, -0.2) is 0 Å². The molecule has 0 saturated heterocycles.